The molecule has 3 rings (SSSR count). The number of amides is 1. The summed E-state index contributed by atoms with van der Waals surface area (Å²) in [6.07, 6.45) is 0.937. The van der Waals surface area contributed by atoms with Gasteiger partial charge in [0.1, 0.15) is 11.5 Å². The van der Waals surface area contributed by atoms with Gasteiger partial charge in [-0.25, -0.2) is 4.39 Å². The molecule has 7 heteroatoms. The first kappa shape index (κ1) is 17.3. The molecule has 1 atom stereocenters. The summed E-state index contributed by atoms with van der Waals surface area (Å²) < 4.78 is 19.5. The van der Waals surface area contributed by atoms with Crippen LogP contribution in [0.1, 0.15) is 23.8 Å². The van der Waals surface area contributed by atoms with Gasteiger partial charge < -0.3 is 9.64 Å². The molecule has 25 heavy (non-hydrogen) atoms. The summed E-state index contributed by atoms with van der Waals surface area (Å²) >= 11 is 0. The Morgan fingerprint density at radius 1 is 1.32 bits per heavy atom. The van der Waals surface area contributed by atoms with Crippen molar-refractivity contribution in [2.24, 2.45) is 5.92 Å². The SMILES string of the molecule is CCN(C[C@@H]1CCOC1)C(=O)c1ccc(=O)n(-c2ccc(F)cc2)n1. The van der Waals surface area contributed by atoms with Crippen LogP contribution < -0.4 is 5.56 Å². The number of carbonyl (C=O) groups is 1. The van der Waals surface area contributed by atoms with E-state index in [1.54, 1.807) is 4.90 Å². The number of hydrogen-bond donors (Lipinski definition) is 0. The summed E-state index contributed by atoms with van der Waals surface area (Å²) in [6, 6.07) is 8.12. The second-order valence-electron chi connectivity index (χ2n) is 6.02. The highest BCUT2D eigenvalue weighted by Gasteiger charge is 2.23. The average Bonchev–Trinajstić information content (AvgIpc) is 3.13. The van der Waals surface area contributed by atoms with E-state index in [0.717, 1.165) is 17.7 Å². The van der Waals surface area contributed by atoms with Crippen molar-refractivity contribution in [3.05, 3.63) is 58.3 Å². The lowest BCUT2D eigenvalue weighted by Crippen LogP contribution is -2.37. The van der Waals surface area contributed by atoms with Gasteiger partial charge in [-0.05, 0) is 43.7 Å². The molecule has 0 aliphatic carbocycles. The van der Waals surface area contributed by atoms with Crippen LogP contribution in [0.5, 0.6) is 0 Å². The number of halogens is 1. The van der Waals surface area contributed by atoms with Crippen LogP contribution in [0.15, 0.2) is 41.2 Å². The molecule has 0 spiro atoms. The van der Waals surface area contributed by atoms with Crippen molar-refractivity contribution in [1.29, 1.82) is 0 Å². The van der Waals surface area contributed by atoms with E-state index >= 15 is 0 Å². The number of aromatic nitrogens is 2. The van der Waals surface area contributed by atoms with Crippen molar-refractivity contribution in [2.75, 3.05) is 26.3 Å². The molecule has 1 aromatic carbocycles. The van der Waals surface area contributed by atoms with Crippen molar-refractivity contribution in [3.8, 4) is 5.69 Å². The van der Waals surface area contributed by atoms with Gasteiger partial charge in [0, 0.05) is 31.7 Å². The fourth-order valence-electron chi connectivity index (χ4n) is 2.85. The Hall–Kier alpha value is -2.54. The predicted octanol–water partition coefficient (Wildman–Crippen LogP) is 1.87. The van der Waals surface area contributed by atoms with Crippen LogP contribution in [0, 0.1) is 11.7 Å². The van der Waals surface area contributed by atoms with Crippen molar-refractivity contribution in [1.82, 2.24) is 14.7 Å². The van der Waals surface area contributed by atoms with Crippen LogP contribution in [0.25, 0.3) is 5.69 Å². The number of rotatable bonds is 5. The third kappa shape index (κ3) is 3.93. The lowest BCUT2D eigenvalue weighted by Gasteiger charge is -2.23. The Morgan fingerprint density at radius 3 is 2.72 bits per heavy atom. The topological polar surface area (TPSA) is 64.4 Å². The van der Waals surface area contributed by atoms with E-state index in [9.17, 15) is 14.0 Å². The maximum Gasteiger partial charge on any atom is 0.274 e. The summed E-state index contributed by atoms with van der Waals surface area (Å²) in [7, 11) is 0. The quantitative estimate of drug-likeness (QED) is 0.830. The van der Waals surface area contributed by atoms with Crippen molar-refractivity contribution in [3.63, 3.8) is 0 Å². The molecular formula is C18H20FN3O3. The number of ether oxygens (including phenoxy) is 1. The fraction of sp³-hybridized carbons (Fsp3) is 0.389. The van der Waals surface area contributed by atoms with Gasteiger partial charge in [0.05, 0.1) is 12.3 Å². The summed E-state index contributed by atoms with van der Waals surface area (Å²) in [5.41, 5.74) is 0.216. The van der Waals surface area contributed by atoms with Gasteiger partial charge in [-0.3, -0.25) is 9.59 Å². The largest absolute Gasteiger partial charge is 0.381 e. The molecule has 0 bridgehead atoms. The Kier molecular flexibility index (Phi) is 5.23. The highest BCUT2D eigenvalue weighted by molar-refractivity contribution is 5.92. The Morgan fingerprint density at radius 2 is 2.08 bits per heavy atom. The fourth-order valence-corrected chi connectivity index (χ4v) is 2.85. The molecule has 1 aliphatic rings. The minimum absolute atomic E-state index is 0.185. The van der Waals surface area contributed by atoms with Crippen LogP contribution in [-0.2, 0) is 4.74 Å². The molecule has 132 valence electrons. The molecule has 1 saturated heterocycles. The molecular weight excluding hydrogens is 325 g/mol. The van der Waals surface area contributed by atoms with E-state index < -0.39 is 5.82 Å². The monoisotopic (exact) mass is 345 g/mol. The summed E-state index contributed by atoms with van der Waals surface area (Å²) in [6.45, 7) is 4.44. The molecule has 1 aromatic heterocycles. The van der Waals surface area contributed by atoms with Gasteiger partial charge in [-0.15, -0.1) is 0 Å². The molecule has 1 aliphatic heterocycles. The van der Waals surface area contributed by atoms with Crippen molar-refractivity contribution < 1.29 is 13.9 Å². The molecule has 2 heterocycles. The summed E-state index contributed by atoms with van der Waals surface area (Å²) in [5.74, 6) is -0.308. The lowest BCUT2D eigenvalue weighted by molar-refractivity contribution is 0.0723. The third-order valence-electron chi connectivity index (χ3n) is 4.26. The van der Waals surface area contributed by atoms with E-state index in [1.807, 2.05) is 6.92 Å². The molecule has 0 N–H and O–H groups in total. The zero-order valence-corrected chi connectivity index (χ0v) is 14.0. The van der Waals surface area contributed by atoms with Gasteiger partial charge >= 0.3 is 0 Å². The predicted molar refractivity (Wildman–Crippen MR) is 90.3 cm³/mol. The molecule has 2 aromatic rings. The standard InChI is InChI=1S/C18H20FN3O3/c1-2-21(11-13-9-10-25-12-13)18(24)16-7-8-17(23)22(20-16)15-5-3-14(19)4-6-15/h3-8,13H,2,9-12H2,1H3/t13-/m0/s1. The van der Waals surface area contributed by atoms with Gasteiger partial charge in [-0.2, -0.15) is 9.78 Å². The molecule has 0 unspecified atom stereocenters. The number of nitrogens with zero attached hydrogens (tertiary/aromatic N) is 3. The lowest BCUT2D eigenvalue weighted by atomic mass is 10.1. The van der Waals surface area contributed by atoms with Crippen LogP contribution in [0.4, 0.5) is 4.39 Å². The maximum absolute atomic E-state index is 13.1. The highest BCUT2D eigenvalue weighted by Crippen LogP contribution is 2.15. The average molecular weight is 345 g/mol. The second kappa shape index (κ2) is 7.57. The van der Waals surface area contributed by atoms with Crippen LogP contribution in [0.2, 0.25) is 0 Å². The summed E-state index contributed by atoms with van der Waals surface area (Å²) in [4.78, 5) is 26.5. The molecule has 1 fully saturated rings. The number of hydrogen-bond acceptors (Lipinski definition) is 4. The van der Waals surface area contributed by atoms with E-state index in [0.29, 0.717) is 31.3 Å². The first-order valence-electron chi connectivity index (χ1n) is 8.32. The first-order valence-corrected chi connectivity index (χ1v) is 8.32. The van der Waals surface area contributed by atoms with Crippen molar-refractivity contribution in [2.45, 2.75) is 13.3 Å². The van der Waals surface area contributed by atoms with Crippen molar-refractivity contribution >= 4 is 5.91 Å². The van der Waals surface area contributed by atoms with Gasteiger partial charge in [0.2, 0.25) is 0 Å². The number of benzene rings is 1. The minimum atomic E-state index is -0.403. The third-order valence-corrected chi connectivity index (χ3v) is 4.26. The Bertz CT molecular complexity index is 798. The molecule has 6 nitrogen and oxygen atoms in total. The van der Waals surface area contributed by atoms with Crippen LogP contribution >= 0.6 is 0 Å². The zero-order valence-electron chi connectivity index (χ0n) is 14.0. The van der Waals surface area contributed by atoms with Gasteiger partial charge in [0.25, 0.3) is 11.5 Å². The first-order chi connectivity index (χ1) is 12.1. The Labute approximate surface area is 144 Å². The van der Waals surface area contributed by atoms with Gasteiger partial charge in [0.15, 0.2) is 0 Å². The second-order valence-corrected chi connectivity index (χ2v) is 6.02. The zero-order chi connectivity index (χ0) is 17.8. The molecule has 1 amide bonds. The van der Waals surface area contributed by atoms with E-state index in [2.05, 4.69) is 5.10 Å². The van der Waals surface area contributed by atoms with E-state index in [1.165, 1.54) is 36.4 Å². The van der Waals surface area contributed by atoms with Crippen LogP contribution in [-0.4, -0.2) is 46.9 Å². The highest BCUT2D eigenvalue weighted by atomic mass is 19.1. The van der Waals surface area contributed by atoms with Gasteiger partial charge in [-0.1, -0.05) is 0 Å². The van der Waals surface area contributed by atoms with E-state index in [4.69, 9.17) is 4.74 Å². The maximum atomic E-state index is 13.1. The smallest absolute Gasteiger partial charge is 0.274 e. The number of carbonyl (C=O) groups excluding carboxylic acids is 1. The molecule has 0 saturated carbocycles. The van der Waals surface area contributed by atoms with Crippen LogP contribution in [0.3, 0.4) is 0 Å². The normalized spacial score (nSPS) is 16.8. The minimum Gasteiger partial charge on any atom is -0.381 e. The molecule has 0 radical (unpaired) electrons. The summed E-state index contributed by atoms with van der Waals surface area (Å²) in [5, 5.41) is 4.17. The van der Waals surface area contributed by atoms with E-state index in [-0.39, 0.29) is 17.2 Å². The Balaban J connectivity index is 1.86.